The summed E-state index contributed by atoms with van der Waals surface area (Å²) in [6.45, 7) is 6.59. The summed E-state index contributed by atoms with van der Waals surface area (Å²) in [5, 5.41) is 0. The molecule has 75 heavy (non-hydrogen) atoms. The van der Waals surface area contributed by atoms with E-state index in [9.17, 15) is 14.4 Å². The Morgan fingerprint density at radius 1 is 0.280 bits per heavy atom. The number of carbonyl (C=O) groups excluding carboxylic acids is 3. The highest BCUT2D eigenvalue weighted by molar-refractivity contribution is 5.71. The number of hydrogen-bond acceptors (Lipinski definition) is 6. The quantitative estimate of drug-likeness (QED) is 0.0261. The Morgan fingerprint density at radius 2 is 0.520 bits per heavy atom. The fourth-order valence-corrected chi connectivity index (χ4v) is 9.91. The first-order valence-electron chi connectivity index (χ1n) is 33.1. The van der Waals surface area contributed by atoms with Crippen LogP contribution < -0.4 is 0 Å². The van der Waals surface area contributed by atoms with Crippen LogP contribution in [0.1, 0.15) is 355 Å². The zero-order chi connectivity index (χ0) is 54.3. The Labute approximate surface area is 467 Å². The molecular weight excluding hydrogens is 925 g/mol. The summed E-state index contributed by atoms with van der Waals surface area (Å²) in [5.74, 6) is -0.852. The van der Waals surface area contributed by atoms with Crippen molar-refractivity contribution in [3.05, 3.63) is 48.6 Å². The number of hydrogen-bond donors (Lipinski definition) is 0. The summed E-state index contributed by atoms with van der Waals surface area (Å²) in [4.78, 5) is 38.4. The van der Waals surface area contributed by atoms with E-state index in [1.807, 2.05) is 0 Å². The summed E-state index contributed by atoms with van der Waals surface area (Å²) in [5.41, 5.74) is 0. The van der Waals surface area contributed by atoms with Crippen LogP contribution in [0, 0.1) is 0 Å². The second-order valence-corrected chi connectivity index (χ2v) is 22.4. The molecule has 0 heterocycles. The monoisotopic (exact) mass is 1050 g/mol. The molecule has 438 valence electrons. The molecule has 6 nitrogen and oxygen atoms in total. The molecule has 0 amide bonds. The molecule has 0 spiro atoms. The third kappa shape index (κ3) is 62.1. The van der Waals surface area contributed by atoms with Crippen LogP contribution in [0.4, 0.5) is 0 Å². The Balaban J connectivity index is 4.33. The highest BCUT2D eigenvalue weighted by Gasteiger charge is 2.19. The van der Waals surface area contributed by atoms with E-state index in [-0.39, 0.29) is 31.1 Å². The molecule has 0 saturated heterocycles. The molecule has 0 aromatic heterocycles. The van der Waals surface area contributed by atoms with Crippen molar-refractivity contribution in [3.63, 3.8) is 0 Å². The lowest BCUT2D eigenvalue weighted by molar-refractivity contribution is -0.167. The molecule has 0 aliphatic rings. The standard InChI is InChI=1S/C69H126O6/c1-4-7-10-13-16-19-22-25-28-31-33-35-37-38-41-44-47-50-53-56-59-62-68(71)74-65-66(64-73-67(70)61-58-55-52-49-46-43-40-30-27-24-21-18-15-12-9-6-3)75-69(72)63-60-57-54-51-48-45-42-39-36-34-32-29-26-23-20-17-14-11-8-5-2/h7,10,16,19,25,28,33,35,66H,4-6,8-9,11-15,17-18,20-24,26-27,29-32,34,36-65H2,1-3H3/b10-7-,19-16-,28-25-,35-33-. The molecule has 0 radical (unpaired) electrons. The molecule has 0 rings (SSSR count). The van der Waals surface area contributed by atoms with Gasteiger partial charge in [0.1, 0.15) is 13.2 Å². The van der Waals surface area contributed by atoms with E-state index in [0.29, 0.717) is 19.3 Å². The summed E-state index contributed by atoms with van der Waals surface area (Å²) in [6.07, 6.45) is 79.7. The molecule has 0 aromatic carbocycles. The summed E-state index contributed by atoms with van der Waals surface area (Å²) in [6, 6.07) is 0. The second-order valence-electron chi connectivity index (χ2n) is 22.4. The van der Waals surface area contributed by atoms with Crippen molar-refractivity contribution in [1.82, 2.24) is 0 Å². The van der Waals surface area contributed by atoms with Gasteiger partial charge in [0.15, 0.2) is 6.10 Å². The van der Waals surface area contributed by atoms with Gasteiger partial charge >= 0.3 is 17.9 Å². The van der Waals surface area contributed by atoms with Crippen LogP contribution in [0.2, 0.25) is 0 Å². The van der Waals surface area contributed by atoms with Crippen LogP contribution in [0.3, 0.4) is 0 Å². The van der Waals surface area contributed by atoms with Gasteiger partial charge in [0.2, 0.25) is 0 Å². The number of esters is 3. The van der Waals surface area contributed by atoms with E-state index >= 15 is 0 Å². The molecule has 1 atom stereocenters. The molecule has 0 bridgehead atoms. The summed E-state index contributed by atoms with van der Waals surface area (Å²) < 4.78 is 17.0. The molecule has 1 unspecified atom stereocenters. The van der Waals surface area contributed by atoms with Gasteiger partial charge in [-0.15, -0.1) is 0 Å². The van der Waals surface area contributed by atoms with Crippen molar-refractivity contribution < 1.29 is 28.6 Å². The largest absolute Gasteiger partial charge is 0.462 e. The van der Waals surface area contributed by atoms with E-state index in [2.05, 4.69) is 69.4 Å². The molecule has 0 saturated carbocycles. The van der Waals surface area contributed by atoms with Crippen LogP contribution in [0.5, 0.6) is 0 Å². The van der Waals surface area contributed by atoms with Gasteiger partial charge in [-0.3, -0.25) is 14.4 Å². The Kier molecular flexibility index (Phi) is 61.7. The van der Waals surface area contributed by atoms with Crippen molar-refractivity contribution in [2.75, 3.05) is 13.2 Å². The number of ether oxygens (including phenoxy) is 3. The van der Waals surface area contributed by atoms with E-state index in [0.717, 1.165) is 89.9 Å². The van der Waals surface area contributed by atoms with Crippen LogP contribution in [-0.2, 0) is 28.6 Å². The van der Waals surface area contributed by atoms with E-state index in [1.54, 1.807) is 0 Å². The molecule has 6 heteroatoms. The van der Waals surface area contributed by atoms with Crippen molar-refractivity contribution in [1.29, 1.82) is 0 Å². The first-order chi connectivity index (χ1) is 37.0. The topological polar surface area (TPSA) is 78.9 Å². The van der Waals surface area contributed by atoms with Gasteiger partial charge in [0, 0.05) is 19.3 Å². The van der Waals surface area contributed by atoms with Gasteiger partial charge in [-0.2, -0.15) is 0 Å². The SMILES string of the molecule is CC/C=C\C/C=C\C/C=C\C/C=C\CCCCCCCCCCC(=O)OCC(COC(=O)CCCCCCCCCCCCCCCCCC)OC(=O)CCCCCCCCCCCCCCCCCCCCCC. The maximum Gasteiger partial charge on any atom is 0.306 e. The maximum absolute atomic E-state index is 12.9. The minimum absolute atomic E-state index is 0.0700. The van der Waals surface area contributed by atoms with Crippen LogP contribution >= 0.6 is 0 Å². The Morgan fingerprint density at radius 3 is 0.813 bits per heavy atom. The van der Waals surface area contributed by atoms with Gasteiger partial charge in [-0.05, 0) is 57.8 Å². The first kappa shape index (κ1) is 72.4. The third-order valence-electron chi connectivity index (χ3n) is 14.8. The summed E-state index contributed by atoms with van der Waals surface area (Å²) >= 11 is 0. The number of rotatable bonds is 61. The van der Waals surface area contributed by atoms with Crippen molar-refractivity contribution in [2.24, 2.45) is 0 Å². The molecular formula is C69H126O6. The Bertz CT molecular complexity index is 1300. The third-order valence-corrected chi connectivity index (χ3v) is 14.8. The van der Waals surface area contributed by atoms with Crippen molar-refractivity contribution in [2.45, 2.75) is 361 Å². The lowest BCUT2D eigenvalue weighted by Gasteiger charge is -2.18. The average molecular weight is 1050 g/mol. The fraction of sp³-hybridized carbons (Fsp3) is 0.841. The zero-order valence-corrected chi connectivity index (χ0v) is 50.3. The van der Waals surface area contributed by atoms with E-state index < -0.39 is 6.10 Å². The van der Waals surface area contributed by atoms with E-state index in [4.69, 9.17) is 14.2 Å². The van der Waals surface area contributed by atoms with Gasteiger partial charge in [-0.1, -0.05) is 326 Å². The smallest absolute Gasteiger partial charge is 0.306 e. The van der Waals surface area contributed by atoms with Gasteiger partial charge in [0.25, 0.3) is 0 Å². The predicted molar refractivity (Wildman–Crippen MR) is 325 cm³/mol. The van der Waals surface area contributed by atoms with E-state index in [1.165, 1.54) is 225 Å². The highest BCUT2D eigenvalue weighted by Crippen LogP contribution is 2.18. The molecule has 0 N–H and O–H groups in total. The molecule has 0 fully saturated rings. The Hall–Kier alpha value is -2.63. The number of allylic oxidation sites excluding steroid dienone is 8. The molecule has 0 aromatic rings. The van der Waals surface area contributed by atoms with Crippen LogP contribution in [0.15, 0.2) is 48.6 Å². The highest BCUT2D eigenvalue weighted by atomic mass is 16.6. The summed E-state index contributed by atoms with van der Waals surface area (Å²) in [7, 11) is 0. The lowest BCUT2D eigenvalue weighted by Crippen LogP contribution is -2.30. The number of carbonyl (C=O) groups is 3. The molecule has 0 aliphatic carbocycles. The molecule has 0 aliphatic heterocycles. The van der Waals surface area contributed by atoms with Crippen LogP contribution in [0.25, 0.3) is 0 Å². The van der Waals surface area contributed by atoms with Gasteiger partial charge in [-0.25, -0.2) is 0 Å². The van der Waals surface area contributed by atoms with Crippen molar-refractivity contribution in [3.8, 4) is 0 Å². The van der Waals surface area contributed by atoms with Gasteiger partial charge in [0.05, 0.1) is 0 Å². The minimum Gasteiger partial charge on any atom is -0.462 e. The predicted octanol–water partition coefficient (Wildman–Crippen LogP) is 22.6. The van der Waals surface area contributed by atoms with Crippen molar-refractivity contribution >= 4 is 17.9 Å². The first-order valence-corrected chi connectivity index (χ1v) is 33.1. The average Bonchev–Trinajstić information content (AvgIpc) is 3.41. The minimum atomic E-state index is -0.774. The van der Waals surface area contributed by atoms with Crippen LogP contribution in [-0.4, -0.2) is 37.2 Å². The second kappa shape index (κ2) is 63.9. The zero-order valence-electron chi connectivity index (χ0n) is 50.3. The van der Waals surface area contributed by atoms with Gasteiger partial charge < -0.3 is 14.2 Å². The lowest BCUT2D eigenvalue weighted by atomic mass is 10.0. The maximum atomic E-state index is 12.9. The number of unbranched alkanes of at least 4 members (excludes halogenated alkanes) is 42. The fourth-order valence-electron chi connectivity index (χ4n) is 9.91. The normalized spacial score (nSPS) is 12.3.